The molecule has 7 nitrogen and oxygen atoms in total. The smallest absolute Gasteiger partial charge is 0.275 e. The number of benzene rings is 2. The Morgan fingerprint density at radius 3 is 2.41 bits per heavy atom. The molecule has 3 aromatic rings. The molecule has 0 atom stereocenters. The number of anilines is 2. The van der Waals surface area contributed by atoms with Crippen LogP contribution in [0, 0.1) is 0 Å². The maximum absolute atomic E-state index is 12.7. The van der Waals surface area contributed by atoms with Gasteiger partial charge < -0.3 is 15.0 Å². The minimum atomic E-state index is -0.325. The number of carbonyl (C=O) groups excluding carboxylic acids is 1. The van der Waals surface area contributed by atoms with E-state index in [4.69, 9.17) is 4.74 Å². The van der Waals surface area contributed by atoms with Crippen molar-refractivity contribution < 1.29 is 9.53 Å². The van der Waals surface area contributed by atoms with E-state index >= 15 is 0 Å². The van der Waals surface area contributed by atoms with E-state index in [-0.39, 0.29) is 18.0 Å². The number of ether oxygens (including phenoxy) is 1. The summed E-state index contributed by atoms with van der Waals surface area (Å²) in [6.07, 6.45) is 0. The molecule has 140 valence electrons. The van der Waals surface area contributed by atoms with Crippen LogP contribution >= 0.6 is 0 Å². The molecular weight excluding hydrogens is 344 g/mol. The van der Waals surface area contributed by atoms with Gasteiger partial charge in [0.2, 0.25) is 5.91 Å². The van der Waals surface area contributed by atoms with Crippen molar-refractivity contribution in [2.45, 2.75) is 13.5 Å². The van der Waals surface area contributed by atoms with E-state index in [2.05, 4.69) is 10.4 Å². The number of hydrogen-bond donors (Lipinski definition) is 1. The van der Waals surface area contributed by atoms with Gasteiger partial charge in [-0.05, 0) is 37.3 Å². The summed E-state index contributed by atoms with van der Waals surface area (Å²) in [7, 11) is 3.70. The second-order valence-corrected chi connectivity index (χ2v) is 6.23. The molecular formula is C20H22N4O3. The van der Waals surface area contributed by atoms with Crippen molar-refractivity contribution in [3.63, 3.8) is 0 Å². The van der Waals surface area contributed by atoms with Crippen LogP contribution in [-0.4, -0.2) is 36.4 Å². The van der Waals surface area contributed by atoms with Crippen LogP contribution in [0.4, 0.5) is 11.5 Å². The third-order valence-corrected chi connectivity index (χ3v) is 4.01. The Hall–Kier alpha value is -3.35. The lowest BCUT2D eigenvalue weighted by molar-refractivity contribution is -0.117. The van der Waals surface area contributed by atoms with Gasteiger partial charge in [-0.1, -0.05) is 18.2 Å². The first-order valence-corrected chi connectivity index (χ1v) is 8.69. The minimum Gasteiger partial charge on any atom is -0.494 e. The average molecular weight is 366 g/mol. The molecule has 0 bridgehead atoms. The van der Waals surface area contributed by atoms with E-state index in [1.54, 1.807) is 36.4 Å². The Kier molecular flexibility index (Phi) is 5.40. The Morgan fingerprint density at radius 1 is 1.11 bits per heavy atom. The van der Waals surface area contributed by atoms with Gasteiger partial charge in [-0.25, -0.2) is 4.68 Å². The minimum absolute atomic E-state index is 0.169. The molecule has 0 saturated carbocycles. The molecule has 0 radical (unpaired) electrons. The number of hydrogen-bond acceptors (Lipinski definition) is 5. The van der Waals surface area contributed by atoms with E-state index in [0.717, 1.165) is 11.1 Å². The Labute approximate surface area is 157 Å². The van der Waals surface area contributed by atoms with Gasteiger partial charge in [-0.2, -0.15) is 5.10 Å². The standard InChI is InChI=1S/C20H22N4O3/c1-4-27-15-11-9-14(10-12-15)21-18(25)13-24-20(26)17-8-6-5-7-16(17)19(22-24)23(2)3/h5-12H,4,13H2,1-3H3,(H,21,25). The molecule has 0 spiro atoms. The molecule has 7 heteroatoms. The van der Waals surface area contributed by atoms with E-state index in [1.807, 2.05) is 38.1 Å². The second-order valence-electron chi connectivity index (χ2n) is 6.23. The molecule has 1 N–H and O–H groups in total. The highest BCUT2D eigenvalue weighted by molar-refractivity contribution is 5.93. The summed E-state index contributed by atoms with van der Waals surface area (Å²) in [6.45, 7) is 2.32. The predicted octanol–water partition coefficient (Wildman–Crippen LogP) is 2.50. The zero-order chi connectivity index (χ0) is 19.4. The molecule has 1 heterocycles. The number of fused-ring (bicyclic) bond motifs is 1. The molecule has 2 aromatic carbocycles. The molecule has 27 heavy (non-hydrogen) atoms. The topological polar surface area (TPSA) is 76.5 Å². The zero-order valence-corrected chi connectivity index (χ0v) is 15.6. The molecule has 0 unspecified atom stereocenters. The predicted molar refractivity (Wildman–Crippen MR) is 107 cm³/mol. The SMILES string of the molecule is CCOc1ccc(NC(=O)Cn2nc(N(C)C)c3ccccc3c2=O)cc1. The molecule has 0 aliphatic heterocycles. The van der Waals surface area contributed by atoms with Gasteiger partial charge in [0, 0.05) is 25.2 Å². The van der Waals surface area contributed by atoms with Crippen LogP contribution in [-0.2, 0) is 11.3 Å². The van der Waals surface area contributed by atoms with Gasteiger partial charge in [0.15, 0.2) is 5.82 Å². The summed E-state index contributed by atoms with van der Waals surface area (Å²) in [5, 5.41) is 8.44. The first-order chi connectivity index (χ1) is 13.0. The van der Waals surface area contributed by atoms with Crippen LogP contribution in [0.3, 0.4) is 0 Å². The fourth-order valence-electron chi connectivity index (χ4n) is 2.79. The number of rotatable bonds is 6. The maximum Gasteiger partial charge on any atom is 0.275 e. The fraction of sp³-hybridized carbons (Fsp3) is 0.250. The molecule has 1 aromatic heterocycles. The van der Waals surface area contributed by atoms with Gasteiger partial charge in [-0.15, -0.1) is 0 Å². The van der Waals surface area contributed by atoms with Gasteiger partial charge in [0.05, 0.1) is 12.0 Å². The Morgan fingerprint density at radius 2 is 1.78 bits per heavy atom. The van der Waals surface area contributed by atoms with Crippen molar-refractivity contribution in [1.82, 2.24) is 9.78 Å². The number of nitrogens with one attached hydrogen (secondary N) is 1. The zero-order valence-electron chi connectivity index (χ0n) is 15.6. The van der Waals surface area contributed by atoms with E-state index < -0.39 is 0 Å². The van der Waals surface area contributed by atoms with E-state index in [0.29, 0.717) is 23.5 Å². The molecule has 3 rings (SSSR count). The normalized spacial score (nSPS) is 10.6. The third kappa shape index (κ3) is 4.08. The Bertz CT molecular complexity index is 1010. The van der Waals surface area contributed by atoms with Crippen molar-refractivity contribution in [2.24, 2.45) is 0 Å². The van der Waals surface area contributed by atoms with Crippen molar-refractivity contribution in [2.75, 3.05) is 30.9 Å². The van der Waals surface area contributed by atoms with E-state index in [9.17, 15) is 9.59 Å². The van der Waals surface area contributed by atoms with Crippen LogP contribution < -0.4 is 20.5 Å². The monoisotopic (exact) mass is 366 g/mol. The lowest BCUT2D eigenvalue weighted by atomic mass is 10.2. The summed E-state index contributed by atoms with van der Waals surface area (Å²) < 4.78 is 6.58. The van der Waals surface area contributed by atoms with E-state index in [1.165, 1.54) is 4.68 Å². The van der Waals surface area contributed by atoms with Gasteiger partial charge >= 0.3 is 0 Å². The average Bonchev–Trinajstić information content (AvgIpc) is 2.65. The summed E-state index contributed by atoms with van der Waals surface area (Å²) in [6, 6.07) is 14.3. The van der Waals surface area contributed by atoms with Crippen molar-refractivity contribution in [3.8, 4) is 5.75 Å². The molecule has 0 saturated heterocycles. The van der Waals surface area contributed by atoms with Gasteiger partial charge in [-0.3, -0.25) is 9.59 Å². The number of nitrogens with zero attached hydrogens (tertiary/aromatic N) is 3. The largest absolute Gasteiger partial charge is 0.494 e. The molecule has 0 aliphatic rings. The highest BCUT2D eigenvalue weighted by atomic mass is 16.5. The molecule has 1 amide bonds. The number of amides is 1. The summed E-state index contributed by atoms with van der Waals surface area (Å²) in [5.74, 6) is 1.05. The fourth-order valence-corrected chi connectivity index (χ4v) is 2.79. The molecule has 0 fully saturated rings. The maximum atomic E-state index is 12.7. The van der Waals surface area contributed by atoms with Crippen molar-refractivity contribution >= 4 is 28.2 Å². The van der Waals surface area contributed by atoms with Crippen LogP contribution in [0.15, 0.2) is 53.3 Å². The summed E-state index contributed by atoms with van der Waals surface area (Å²) in [4.78, 5) is 26.9. The molecule has 0 aliphatic carbocycles. The first kappa shape index (κ1) is 18.4. The van der Waals surface area contributed by atoms with Crippen LogP contribution in [0.5, 0.6) is 5.75 Å². The Balaban J connectivity index is 1.84. The highest BCUT2D eigenvalue weighted by Crippen LogP contribution is 2.20. The van der Waals surface area contributed by atoms with Gasteiger partial charge in [0.25, 0.3) is 5.56 Å². The number of aromatic nitrogens is 2. The van der Waals surface area contributed by atoms with Crippen LogP contribution in [0.25, 0.3) is 10.8 Å². The summed E-state index contributed by atoms with van der Waals surface area (Å²) >= 11 is 0. The quantitative estimate of drug-likeness (QED) is 0.725. The van der Waals surface area contributed by atoms with Crippen molar-refractivity contribution in [3.05, 3.63) is 58.9 Å². The highest BCUT2D eigenvalue weighted by Gasteiger charge is 2.14. The lowest BCUT2D eigenvalue weighted by Crippen LogP contribution is -2.31. The first-order valence-electron chi connectivity index (χ1n) is 8.69. The lowest BCUT2D eigenvalue weighted by Gasteiger charge is -2.16. The van der Waals surface area contributed by atoms with Crippen molar-refractivity contribution in [1.29, 1.82) is 0 Å². The van der Waals surface area contributed by atoms with Gasteiger partial charge in [0.1, 0.15) is 12.3 Å². The summed E-state index contributed by atoms with van der Waals surface area (Å²) in [5.41, 5.74) is 0.336. The number of carbonyl (C=O) groups is 1. The third-order valence-electron chi connectivity index (χ3n) is 4.01. The second kappa shape index (κ2) is 7.90. The van der Waals surface area contributed by atoms with Crippen LogP contribution in [0.1, 0.15) is 6.92 Å². The van der Waals surface area contributed by atoms with Crippen LogP contribution in [0.2, 0.25) is 0 Å².